The summed E-state index contributed by atoms with van der Waals surface area (Å²) in [5, 5.41) is 0. The van der Waals surface area contributed by atoms with Crippen molar-refractivity contribution in [1.29, 1.82) is 0 Å². The van der Waals surface area contributed by atoms with E-state index in [9.17, 15) is 0 Å². The molecule has 0 aromatic rings. The average Bonchev–Trinajstić information content (AvgIpc) is 1.89. The van der Waals surface area contributed by atoms with E-state index in [-0.39, 0.29) is 18.9 Å². The standard InChI is InChI=1S/2C3H7O.Al.Li.H/c2*1-2-3-4;;;/h2*2-3H2,1H3;;;/q2*-1;+2;;. The summed E-state index contributed by atoms with van der Waals surface area (Å²) in [5.74, 6) is 0. The zero-order valence-corrected chi connectivity index (χ0v) is 8.77. The van der Waals surface area contributed by atoms with E-state index in [1.165, 1.54) is 0 Å². The molecule has 0 saturated carbocycles. The Balaban J connectivity index is 0. The molecule has 2 nitrogen and oxygen atoms in total. The van der Waals surface area contributed by atoms with Gasteiger partial charge in [0.2, 0.25) is 0 Å². The van der Waals surface area contributed by atoms with Crippen LogP contribution in [0.15, 0.2) is 0 Å². The van der Waals surface area contributed by atoms with Crippen LogP contribution in [0.1, 0.15) is 26.7 Å². The fourth-order valence-electron chi connectivity index (χ4n) is 0.465. The molecule has 0 fully saturated rings. The fraction of sp³-hybridized carbons (Fsp3) is 1.00. The van der Waals surface area contributed by atoms with E-state index in [0.717, 1.165) is 26.1 Å². The number of rotatable bonds is 6. The van der Waals surface area contributed by atoms with E-state index >= 15 is 0 Å². The second-order valence-corrected chi connectivity index (χ2v) is 2.99. The second-order valence-electron chi connectivity index (χ2n) is 1.93. The van der Waals surface area contributed by atoms with Gasteiger partial charge < -0.3 is 7.58 Å². The molecule has 0 aliphatic heterocycles. The Bertz CT molecular complexity index is 49.0. The summed E-state index contributed by atoms with van der Waals surface area (Å²) in [7, 11) is 0. The molecule has 0 rings (SSSR count). The van der Waals surface area contributed by atoms with Gasteiger partial charge in [-0.15, -0.1) is 0 Å². The monoisotopic (exact) mass is 153 g/mol. The van der Waals surface area contributed by atoms with Crippen molar-refractivity contribution in [2.45, 2.75) is 26.7 Å². The fourth-order valence-corrected chi connectivity index (χ4v) is 1.40. The zero-order valence-electron chi connectivity index (χ0n) is 7.35. The molecule has 0 aliphatic rings. The van der Waals surface area contributed by atoms with Crippen molar-refractivity contribution in [1.82, 2.24) is 0 Å². The third-order valence-electron chi connectivity index (χ3n) is 0.864. The van der Waals surface area contributed by atoms with Gasteiger partial charge >= 0.3 is 15.9 Å². The van der Waals surface area contributed by atoms with Crippen LogP contribution < -0.4 is 0 Å². The minimum absolute atomic E-state index is 0. The van der Waals surface area contributed by atoms with Crippen LogP contribution in [0.4, 0.5) is 0 Å². The van der Waals surface area contributed by atoms with Gasteiger partial charge in [-0.2, -0.15) is 0 Å². The quantitative estimate of drug-likeness (QED) is 0.413. The third-order valence-corrected chi connectivity index (χ3v) is 1.77. The van der Waals surface area contributed by atoms with Crippen LogP contribution in [0.25, 0.3) is 0 Å². The Labute approximate surface area is 82.2 Å². The average molecular weight is 153 g/mol. The normalized spacial score (nSPS) is 8.60. The van der Waals surface area contributed by atoms with Gasteiger partial charge in [-0.1, -0.05) is 13.8 Å². The zero-order chi connectivity index (χ0) is 6.95. The molecule has 0 aliphatic carbocycles. The summed E-state index contributed by atoms with van der Waals surface area (Å²) < 4.78 is 10.4. The van der Waals surface area contributed by atoms with Crippen molar-refractivity contribution < 1.29 is 7.58 Å². The minimum atomic E-state index is -0.611. The summed E-state index contributed by atoms with van der Waals surface area (Å²) in [5.41, 5.74) is 0. The van der Waals surface area contributed by atoms with Gasteiger partial charge in [0.05, 0.1) is 0 Å². The Hall–Kier alpha value is 1.05. The smallest absolute Gasteiger partial charge is 0.481 e. The van der Waals surface area contributed by atoms with E-state index in [4.69, 9.17) is 7.58 Å². The molecule has 4 heteroatoms. The van der Waals surface area contributed by atoms with Gasteiger partial charge in [0.1, 0.15) is 0 Å². The molecule has 0 aromatic heterocycles. The molecule has 0 amide bonds. The van der Waals surface area contributed by atoms with Crippen molar-refractivity contribution in [3.05, 3.63) is 0 Å². The Morgan fingerprint density at radius 2 is 1.40 bits per heavy atom. The van der Waals surface area contributed by atoms with Gasteiger partial charge in [-0.3, -0.25) is 0 Å². The largest absolute Gasteiger partial charge is 0.649 e. The molecule has 0 N–H and O–H groups in total. The first-order valence-electron chi connectivity index (χ1n) is 3.57. The number of hydrogen-bond acceptors (Lipinski definition) is 2. The Morgan fingerprint density at radius 1 is 1.00 bits per heavy atom. The SMILES string of the molecule is CCC[O][AlH][O]CCC.[Li]. The van der Waals surface area contributed by atoms with Crippen molar-refractivity contribution in [2.24, 2.45) is 0 Å². The van der Waals surface area contributed by atoms with Gasteiger partial charge in [-0.25, -0.2) is 0 Å². The third kappa shape index (κ3) is 11.8. The predicted molar refractivity (Wildman–Crippen MR) is 45.4 cm³/mol. The van der Waals surface area contributed by atoms with E-state index < -0.39 is 15.9 Å². The first-order chi connectivity index (χ1) is 4.41. The van der Waals surface area contributed by atoms with E-state index in [1.54, 1.807) is 0 Å². The molecule has 0 saturated heterocycles. The van der Waals surface area contributed by atoms with Crippen LogP contribution in [0.3, 0.4) is 0 Å². The predicted octanol–water partition coefficient (Wildman–Crippen LogP) is 0.725. The Morgan fingerprint density at radius 3 is 1.70 bits per heavy atom. The summed E-state index contributed by atoms with van der Waals surface area (Å²) in [6, 6.07) is 0. The molecule has 0 unspecified atom stereocenters. The molecule has 55 valence electrons. The molecule has 0 spiro atoms. The van der Waals surface area contributed by atoms with Crippen molar-refractivity contribution >= 4 is 34.7 Å². The van der Waals surface area contributed by atoms with Crippen LogP contribution in [-0.2, 0) is 7.58 Å². The molecule has 0 bridgehead atoms. The maximum Gasteiger partial charge on any atom is 0.649 e. The van der Waals surface area contributed by atoms with Crippen LogP contribution in [0, 0.1) is 0 Å². The maximum atomic E-state index is 5.20. The molecule has 0 aromatic carbocycles. The summed E-state index contributed by atoms with van der Waals surface area (Å²) in [4.78, 5) is 0. The van der Waals surface area contributed by atoms with E-state index in [0.29, 0.717) is 0 Å². The number of hydrogen-bond donors (Lipinski definition) is 0. The van der Waals surface area contributed by atoms with E-state index in [2.05, 4.69) is 13.8 Å². The molecule has 10 heavy (non-hydrogen) atoms. The first-order valence-corrected chi connectivity index (χ1v) is 4.72. The first kappa shape index (κ1) is 13.6. The molecule has 0 heterocycles. The molecule has 1 radical (unpaired) electrons. The molecular formula is C6H15AlLiO2. The van der Waals surface area contributed by atoms with Crippen molar-refractivity contribution in [2.75, 3.05) is 13.2 Å². The van der Waals surface area contributed by atoms with Gasteiger partial charge in [0.15, 0.2) is 0 Å². The molecular weight excluding hydrogens is 138 g/mol. The Kier molecular flexibility index (Phi) is 17.3. The minimum Gasteiger partial charge on any atom is -0.481 e. The maximum absolute atomic E-state index is 5.20. The van der Waals surface area contributed by atoms with Crippen LogP contribution in [-0.4, -0.2) is 48.0 Å². The second kappa shape index (κ2) is 12.7. The molecule has 0 atom stereocenters. The topological polar surface area (TPSA) is 18.5 Å². The van der Waals surface area contributed by atoms with Gasteiger partial charge in [-0.05, 0) is 12.8 Å². The van der Waals surface area contributed by atoms with Crippen LogP contribution >= 0.6 is 0 Å². The summed E-state index contributed by atoms with van der Waals surface area (Å²) in [6.45, 7) is 5.95. The summed E-state index contributed by atoms with van der Waals surface area (Å²) in [6.07, 6.45) is 2.20. The van der Waals surface area contributed by atoms with Gasteiger partial charge in [0, 0.05) is 32.1 Å². The van der Waals surface area contributed by atoms with Crippen LogP contribution in [0.5, 0.6) is 0 Å². The van der Waals surface area contributed by atoms with Crippen molar-refractivity contribution in [3.8, 4) is 0 Å². The summed E-state index contributed by atoms with van der Waals surface area (Å²) >= 11 is -0.611. The van der Waals surface area contributed by atoms with Crippen molar-refractivity contribution in [3.63, 3.8) is 0 Å². The van der Waals surface area contributed by atoms with Gasteiger partial charge in [0.25, 0.3) is 0 Å². The van der Waals surface area contributed by atoms with Crippen LogP contribution in [0.2, 0.25) is 0 Å². The van der Waals surface area contributed by atoms with E-state index in [1.807, 2.05) is 0 Å².